The van der Waals surface area contributed by atoms with Crippen LogP contribution in [-0.2, 0) is 0 Å². The standard InChI is InChI=1S/C16H32N2/c1-3-4-14-5-7-16(8-6-14)18(2)13-15-9-11-17-12-10-15/h14-17H,3-13H2,1-2H3. The molecular formula is C16H32N2. The van der Waals surface area contributed by atoms with Gasteiger partial charge in [-0.1, -0.05) is 19.8 Å². The van der Waals surface area contributed by atoms with E-state index in [1.807, 2.05) is 0 Å². The number of piperidine rings is 1. The molecule has 1 saturated carbocycles. The second-order valence-electron chi connectivity index (χ2n) is 6.60. The van der Waals surface area contributed by atoms with Crippen LogP contribution >= 0.6 is 0 Å². The second-order valence-corrected chi connectivity index (χ2v) is 6.60. The van der Waals surface area contributed by atoms with Crippen molar-refractivity contribution in [1.82, 2.24) is 10.2 Å². The van der Waals surface area contributed by atoms with Crippen molar-refractivity contribution < 1.29 is 0 Å². The van der Waals surface area contributed by atoms with Crippen LogP contribution < -0.4 is 5.32 Å². The number of hydrogen-bond donors (Lipinski definition) is 1. The molecule has 1 saturated heterocycles. The van der Waals surface area contributed by atoms with Crippen molar-refractivity contribution in [3.63, 3.8) is 0 Å². The Morgan fingerprint density at radius 1 is 0.944 bits per heavy atom. The van der Waals surface area contributed by atoms with Crippen LogP contribution in [0.4, 0.5) is 0 Å². The Bertz CT molecular complexity index is 215. The van der Waals surface area contributed by atoms with Gasteiger partial charge in [0, 0.05) is 12.6 Å². The summed E-state index contributed by atoms with van der Waals surface area (Å²) >= 11 is 0. The van der Waals surface area contributed by atoms with Crippen molar-refractivity contribution in [3.8, 4) is 0 Å². The van der Waals surface area contributed by atoms with Crippen LogP contribution in [0, 0.1) is 11.8 Å². The maximum absolute atomic E-state index is 3.47. The summed E-state index contributed by atoms with van der Waals surface area (Å²) in [5.74, 6) is 1.99. The molecule has 0 bridgehead atoms. The summed E-state index contributed by atoms with van der Waals surface area (Å²) in [6, 6.07) is 0.882. The monoisotopic (exact) mass is 252 g/mol. The average molecular weight is 252 g/mol. The fourth-order valence-electron chi connectivity index (χ4n) is 3.90. The molecule has 0 amide bonds. The lowest BCUT2D eigenvalue weighted by Crippen LogP contribution is -2.40. The van der Waals surface area contributed by atoms with Gasteiger partial charge in [-0.2, -0.15) is 0 Å². The van der Waals surface area contributed by atoms with Crippen LogP contribution in [0.3, 0.4) is 0 Å². The third kappa shape index (κ3) is 4.24. The van der Waals surface area contributed by atoms with Gasteiger partial charge in [-0.25, -0.2) is 0 Å². The van der Waals surface area contributed by atoms with Gasteiger partial charge in [-0.05, 0) is 70.5 Å². The molecule has 1 aliphatic carbocycles. The topological polar surface area (TPSA) is 15.3 Å². The van der Waals surface area contributed by atoms with Gasteiger partial charge in [0.1, 0.15) is 0 Å². The van der Waals surface area contributed by atoms with E-state index in [9.17, 15) is 0 Å². The largest absolute Gasteiger partial charge is 0.317 e. The first-order chi connectivity index (χ1) is 8.79. The van der Waals surface area contributed by atoms with E-state index in [1.54, 1.807) is 0 Å². The second kappa shape index (κ2) is 7.49. The molecule has 0 aromatic rings. The van der Waals surface area contributed by atoms with E-state index in [2.05, 4.69) is 24.2 Å². The average Bonchev–Trinajstić information content (AvgIpc) is 2.41. The lowest BCUT2D eigenvalue weighted by atomic mass is 9.82. The Morgan fingerprint density at radius 2 is 1.61 bits per heavy atom. The van der Waals surface area contributed by atoms with Crippen molar-refractivity contribution in [2.24, 2.45) is 11.8 Å². The minimum Gasteiger partial charge on any atom is -0.317 e. The van der Waals surface area contributed by atoms with E-state index in [0.717, 1.165) is 17.9 Å². The quantitative estimate of drug-likeness (QED) is 0.808. The molecule has 106 valence electrons. The molecule has 1 N–H and O–H groups in total. The molecule has 0 radical (unpaired) electrons. The van der Waals surface area contributed by atoms with Crippen LogP contribution in [0.25, 0.3) is 0 Å². The molecule has 2 rings (SSSR count). The highest BCUT2D eigenvalue weighted by Crippen LogP contribution is 2.30. The minimum atomic E-state index is 0.882. The van der Waals surface area contributed by atoms with Gasteiger partial charge in [0.05, 0.1) is 0 Å². The number of rotatable bonds is 5. The van der Waals surface area contributed by atoms with E-state index in [0.29, 0.717) is 0 Å². The highest BCUT2D eigenvalue weighted by atomic mass is 15.1. The van der Waals surface area contributed by atoms with E-state index in [-0.39, 0.29) is 0 Å². The third-order valence-electron chi connectivity index (χ3n) is 5.14. The number of nitrogens with zero attached hydrogens (tertiary/aromatic N) is 1. The van der Waals surface area contributed by atoms with Gasteiger partial charge in [0.15, 0.2) is 0 Å². The zero-order chi connectivity index (χ0) is 12.8. The van der Waals surface area contributed by atoms with Crippen LogP contribution in [0.1, 0.15) is 58.3 Å². The van der Waals surface area contributed by atoms with Crippen molar-refractivity contribution in [2.75, 3.05) is 26.7 Å². The first-order valence-corrected chi connectivity index (χ1v) is 8.20. The zero-order valence-corrected chi connectivity index (χ0v) is 12.5. The highest BCUT2D eigenvalue weighted by molar-refractivity contribution is 4.80. The summed E-state index contributed by atoms with van der Waals surface area (Å²) in [7, 11) is 2.37. The number of nitrogens with one attached hydrogen (secondary N) is 1. The Balaban J connectivity index is 1.68. The molecule has 0 spiro atoms. The molecular weight excluding hydrogens is 220 g/mol. The predicted molar refractivity (Wildman–Crippen MR) is 78.9 cm³/mol. The van der Waals surface area contributed by atoms with Crippen LogP contribution in [-0.4, -0.2) is 37.6 Å². The van der Waals surface area contributed by atoms with E-state index in [4.69, 9.17) is 0 Å². The van der Waals surface area contributed by atoms with Crippen LogP contribution in [0.5, 0.6) is 0 Å². The Kier molecular flexibility index (Phi) is 5.97. The Labute approximate surface area is 114 Å². The first-order valence-electron chi connectivity index (χ1n) is 8.20. The lowest BCUT2D eigenvalue weighted by Gasteiger charge is -2.37. The molecule has 2 nitrogen and oxygen atoms in total. The summed E-state index contributed by atoms with van der Waals surface area (Å²) in [5, 5.41) is 3.47. The number of hydrogen-bond acceptors (Lipinski definition) is 2. The van der Waals surface area contributed by atoms with Crippen molar-refractivity contribution >= 4 is 0 Å². The zero-order valence-electron chi connectivity index (χ0n) is 12.5. The summed E-state index contributed by atoms with van der Waals surface area (Å²) < 4.78 is 0. The van der Waals surface area contributed by atoms with Crippen LogP contribution in [0.15, 0.2) is 0 Å². The maximum atomic E-state index is 3.47. The van der Waals surface area contributed by atoms with Gasteiger partial charge >= 0.3 is 0 Å². The summed E-state index contributed by atoms with van der Waals surface area (Å²) in [6.07, 6.45) is 11.5. The molecule has 2 heteroatoms. The first kappa shape index (κ1) is 14.3. The maximum Gasteiger partial charge on any atom is 0.00925 e. The van der Waals surface area contributed by atoms with E-state index >= 15 is 0 Å². The van der Waals surface area contributed by atoms with Gasteiger partial charge in [0.2, 0.25) is 0 Å². The van der Waals surface area contributed by atoms with Gasteiger partial charge in [0.25, 0.3) is 0 Å². The molecule has 1 aliphatic heterocycles. The SMILES string of the molecule is CCCC1CCC(N(C)CC2CCNCC2)CC1. The molecule has 18 heavy (non-hydrogen) atoms. The van der Waals surface area contributed by atoms with Crippen molar-refractivity contribution in [2.45, 2.75) is 64.3 Å². The summed E-state index contributed by atoms with van der Waals surface area (Å²) in [6.45, 7) is 6.14. The van der Waals surface area contributed by atoms with E-state index < -0.39 is 0 Å². The molecule has 2 aliphatic rings. The third-order valence-corrected chi connectivity index (χ3v) is 5.14. The van der Waals surface area contributed by atoms with Crippen LogP contribution in [0.2, 0.25) is 0 Å². The smallest absolute Gasteiger partial charge is 0.00925 e. The van der Waals surface area contributed by atoms with Crippen molar-refractivity contribution in [3.05, 3.63) is 0 Å². The molecule has 0 aromatic carbocycles. The normalized spacial score (nSPS) is 30.8. The fourth-order valence-corrected chi connectivity index (χ4v) is 3.90. The molecule has 0 aromatic heterocycles. The van der Waals surface area contributed by atoms with Crippen molar-refractivity contribution in [1.29, 1.82) is 0 Å². The Hall–Kier alpha value is -0.0800. The highest BCUT2D eigenvalue weighted by Gasteiger charge is 2.25. The fraction of sp³-hybridized carbons (Fsp3) is 1.00. The minimum absolute atomic E-state index is 0.882. The summed E-state index contributed by atoms with van der Waals surface area (Å²) in [5.41, 5.74) is 0. The van der Waals surface area contributed by atoms with Gasteiger partial charge < -0.3 is 10.2 Å². The van der Waals surface area contributed by atoms with E-state index in [1.165, 1.54) is 71.0 Å². The molecule has 0 unspecified atom stereocenters. The lowest BCUT2D eigenvalue weighted by molar-refractivity contribution is 0.133. The summed E-state index contributed by atoms with van der Waals surface area (Å²) in [4.78, 5) is 2.68. The molecule has 2 fully saturated rings. The molecule has 1 heterocycles. The van der Waals surface area contributed by atoms with Gasteiger partial charge in [-0.15, -0.1) is 0 Å². The predicted octanol–water partition coefficient (Wildman–Crippen LogP) is 3.28. The Morgan fingerprint density at radius 3 is 2.22 bits per heavy atom. The van der Waals surface area contributed by atoms with Gasteiger partial charge in [-0.3, -0.25) is 0 Å². The molecule has 0 atom stereocenters.